The van der Waals surface area contributed by atoms with Gasteiger partial charge in [0.1, 0.15) is 6.42 Å². The van der Waals surface area contributed by atoms with Crippen LogP contribution in [0.2, 0.25) is 0 Å². The van der Waals surface area contributed by atoms with Crippen LogP contribution < -0.4 is 10.6 Å². The Morgan fingerprint density at radius 2 is 1.67 bits per heavy atom. The molecule has 0 aliphatic carbocycles. The molecule has 2 rings (SSSR count). The minimum atomic E-state index is -0.423. The van der Waals surface area contributed by atoms with Crippen LogP contribution in [0.15, 0.2) is 54.6 Å². The number of anilines is 1. The highest BCUT2D eigenvalue weighted by molar-refractivity contribution is 6.04. The summed E-state index contributed by atoms with van der Waals surface area (Å²) in [5.74, 6) is -0.861. The fourth-order valence-corrected chi connectivity index (χ4v) is 2.28. The van der Waals surface area contributed by atoms with Gasteiger partial charge in [0.2, 0.25) is 11.8 Å². The summed E-state index contributed by atoms with van der Waals surface area (Å²) in [6, 6.07) is 16.0. The van der Waals surface area contributed by atoms with Gasteiger partial charge < -0.3 is 10.6 Å². The predicted octanol–water partition coefficient (Wildman–Crippen LogP) is 3.10. The normalized spacial score (nSPS) is 11.4. The van der Waals surface area contributed by atoms with Crippen molar-refractivity contribution in [1.82, 2.24) is 5.32 Å². The molecule has 0 saturated heterocycles. The Morgan fingerprint density at radius 1 is 0.958 bits per heavy atom. The van der Waals surface area contributed by atoms with Crippen LogP contribution >= 0.6 is 0 Å². The maximum atomic E-state index is 12.0. The number of hydrogen-bond donors (Lipinski definition) is 2. The molecule has 2 aromatic rings. The lowest BCUT2D eigenvalue weighted by Crippen LogP contribution is -2.30. The van der Waals surface area contributed by atoms with Crippen LogP contribution in [-0.2, 0) is 9.59 Å². The monoisotopic (exact) mass is 324 g/mol. The molecule has 0 fully saturated rings. The Labute approximate surface area is 141 Å². The first kappa shape index (κ1) is 17.4. The Morgan fingerprint density at radius 3 is 2.33 bits per heavy atom. The molecule has 1 unspecified atom stereocenters. The summed E-state index contributed by atoms with van der Waals surface area (Å²) < 4.78 is 0. The highest BCUT2D eigenvalue weighted by Crippen LogP contribution is 2.13. The van der Waals surface area contributed by atoms with Gasteiger partial charge in [-0.1, -0.05) is 42.5 Å². The first-order chi connectivity index (χ1) is 11.5. The number of carbonyl (C=O) groups is 3. The van der Waals surface area contributed by atoms with Crippen LogP contribution in [-0.4, -0.2) is 17.6 Å². The van der Waals surface area contributed by atoms with E-state index in [0.717, 1.165) is 5.56 Å². The fourth-order valence-electron chi connectivity index (χ4n) is 2.28. The number of carbonyl (C=O) groups excluding carboxylic acids is 3. The minimum Gasteiger partial charge on any atom is -0.349 e. The second-order valence-electron chi connectivity index (χ2n) is 5.56. The smallest absolute Gasteiger partial charge is 0.233 e. The highest BCUT2D eigenvalue weighted by atomic mass is 16.2. The van der Waals surface area contributed by atoms with E-state index in [1.807, 2.05) is 37.3 Å². The fraction of sp³-hybridized carbons (Fsp3) is 0.211. The molecular weight excluding hydrogens is 304 g/mol. The third-order valence-electron chi connectivity index (χ3n) is 3.55. The van der Waals surface area contributed by atoms with E-state index in [1.165, 1.54) is 6.92 Å². The van der Waals surface area contributed by atoms with E-state index in [1.54, 1.807) is 24.3 Å². The van der Waals surface area contributed by atoms with Gasteiger partial charge in [-0.25, -0.2) is 0 Å². The van der Waals surface area contributed by atoms with Gasteiger partial charge in [-0.2, -0.15) is 0 Å². The summed E-state index contributed by atoms with van der Waals surface area (Å²) in [5.41, 5.74) is 1.98. The molecular formula is C19H20N2O3. The molecule has 0 heterocycles. The third kappa shape index (κ3) is 5.05. The number of Topliss-reactive ketones (excluding diaryl/α,β-unsaturated/α-hetero) is 1. The summed E-state index contributed by atoms with van der Waals surface area (Å²) in [7, 11) is 0. The second-order valence-corrected chi connectivity index (χ2v) is 5.56. The molecule has 2 N–H and O–H groups in total. The largest absolute Gasteiger partial charge is 0.349 e. The van der Waals surface area contributed by atoms with Crippen LogP contribution in [0.1, 0.15) is 42.2 Å². The van der Waals surface area contributed by atoms with Crippen molar-refractivity contribution in [2.24, 2.45) is 0 Å². The lowest BCUT2D eigenvalue weighted by molar-refractivity contribution is -0.127. The van der Waals surface area contributed by atoms with Gasteiger partial charge in [0.05, 0.1) is 6.04 Å². The van der Waals surface area contributed by atoms with Crippen molar-refractivity contribution >= 4 is 23.3 Å². The van der Waals surface area contributed by atoms with Crippen molar-refractivity contribution in [2.45, 2.75) is 26.3 Å². The number of amides is 2. The molecule has 5 nitrogen and oxygen atoms in total. The van der Waals surface area contributed by atoms with E-state index in [9.17, 15) is 14.4 Å². The number of hydrogen-bond acceptors (Lipinski definition) is 3. The predicted molar refractivity (Wildman–Crippen MR) is 92.7 cm³/mol. The lowest BCUT2D eigenvalue weighted by atomic mass is 10.1. The standard InChI is InChI=1S/C19H20N2O3/c1-13(15-7-4-3-5-8-15)20-18(23)12-19(24)21-17-10-6-9-16(11-17)14(2)22/h3-11,13H,12H2,1-2H3,(H,20,23)(H,21,24). The Balaban J connectivity index is 1.89. The molecule has 2 amide bonds. The molecule has 0 spiro atoms. The van der Waals surface area contributed by atoms with E-state index in [4.69, 9.17) is 0 Å². The number of benzene rings is 2. The summed E-state index contributed by atoms with van der Waals surface area (Å²) in [4.78, 5) is 35.3. The molecule has 0 aliphatic heterocycles. The molecule has 0 aromatic heterocycles. The number of rotatable bonds is 6. The zero-order valence-electron chi connectivity index (χ0n) is 13.7. The molecule has 2 aromatic carbocycles. The SMILES string of the molecule is CC(=O)c1cccc(NC(=O)CC(=O)NC(C)c2ccccc2)c1. The maximum Gasteiger partial charge on any atom is 0.233 e. The zero-order valence-corrected chi connectivity index (χ0v) is 13.7. The molecule has 5 heteroatoms. The van der Waals surface area contributed by atoms with Gasteiger partial charge in [-0.15, -0.1) is 0 Å². The van der Waals surface area contributed by atoms with Gasteiger partial charge in [-0.3, -0.25) is 14.4 Å². The van der Waals surface area contributed by atoms with Gasteiger partial charge in [0, 0.05) is 11.3 Å². The number of nitrogens with one attached hydrogen (secondary N) is 2. The van der Waals surface area contributed by atoms with Crippen LogP contribution in [0.5, 0.6) is 0 Å². The molecule has 1 atom stereocenters. The van der Waals surface area contributed by atoms with Crippen molar-refractivity contribution < 1.29 is 14.4 Å². The first-order valence-corrected chi connectivity index (χ1v) is 7.71. The molecule has 0 radical (unpaired) electrons. The highest BCUT2D eigenvalue weighted by Gasteiger charge is 2.13. The number of ketones is 1. The van der Waals surface area contributed by atoms with E-state index in [-0.39, 0.29) is 24.2 Å². The first-order valence-electron chi connectivity index (χ1n) is 7.71. The van der Waals surface area contributed by atoms with Crippen LogP contribution in [0.25, 0.3) is 0 Å². The van der Waals surface area contributed by atoms with Crippen molar-refractivity contribution in [3.05, 3.63) is 65.7 Å². The van der Waals surface area contributed by atoms with Crippen molar-refractivity contribution in [3.8, 4) is 0 Å². The Bertz CT molecular complexity index is 741. The van der Waals surface area contributed by atoms with Gasteiger partial charge >= 0.3 is 0 Å². The van der Waals surface area contributed by atoms with Gasteiger partial charge in [0.25, 0.3) is 0 Å². The summed E-state index contributed by atoms with van der Waals surface area (Å²) in [6.45, 7) is 3.32. The minimum absolute atomic E-state index is 0.0828. The maximum absolute atomic E-state index is 12.0. The second kappa shape index (κ2) is 8.06. The van der Waals surface area contributed by atoms with Crippen LogP contribution in [0, 0.1) is 0 Å². The van der Waals surface area contributed by atoms with E-state index >= 15 is 0 Å². The molecule has 0 saturated carbocycles. The molecule has 0 bridgehead atoms. The van der Waals surface area contributed by atoms with Crippen molar-refractivity contribution in [1.29, 1.82) is 0 Å². The van der Waals surface area contributed by atoms with E-state index in [2.05, 4.69) is 10.6 Å². The quantitative estimate of drug-likeness (QED) is 0.633. The third-order valence-corrected chi connectivity index (χ3v) is 3.55. The van der Waals surface area contributed by atoms with E-state index in [0.29, 0.717) is 11.3 Å². The average Bonchev–Trinajstić information content (AvgIpc) is 2.55. The Kier molecular flexibility index (Phi) is 5.84. The van der Waals surface area contributed by atoms with Gasteiger partial charge in [-0.05, 0) is 31.5 Å². The van der Waals surface area contributed by atoms with Gasteiger partial charge in [0.15, 0.2) is 5.78 Å². The topological polar surface area (TPSA) is 75.3 Å². The van der Waals surface area contributed by atoms with Crippen molar-refractivity contribution in [3.63, 3.8) is 0 Å². The summed E-state index contributed by atoms with van der Waals surface area (Å²) in [6.07, 6.45) is -0.276. The molecule has 124 valence electrons. The van der Waals surface area contributed by atoms with Crippen molar-refractivity contribution in [2.75, 3.05) is 5.32 Å². The Hall–Kier alpha value is -2.95. The van der Waals surface area contributed by atoms with Crippen LogP contribution in [0.3, 0.4) is 0 Å². The zero-order chi connectivity index (χ0) is 17.5. The lowest BCUT2D eigenvalue weighted by Gasteiger charge is -2.14. The summed E-state index contributed by atoms with van der Waals surface area (Å²) >= 11 is 0. The van der Waals surface area contributed by atoms with Crippen LogP contribution in [0.4, 0.5) is 5.69 Å². The van der Waals surface area contributed by atoms with E-state index < -0.39 is 5.91 Å². The summed E-state index contributed by atoms with van der Waals surface area (Å²) in [5, 5.41) is 5.42. The molecule has 24 heavy (non-hydrogen) atoms. The molecule has 0 aliphatic rings. The average molecular weight is 324 g/mol.